The van der Waals surface area contributed by atoms with Crippen LogP contribution in [0.1, 0.15) is 57.8 Å². The van der Waals surface area contributed by atoms with Crippen LogP contribution >= 0.6 is 0 Å². The lowest BCUT2D eigenvalue weighted by molar-refractivity contribution is -0.139. The van der Waals surface area contributed by atoms with E-state index in [0.29, 0.717) is 32.0 Å². The highest BCUT2D eigenvalue weighted by Crippen LogP contribution is 2.28. The maximum Gasteiger partial charge on any atom is 0.305 e. The van der Waals surface area contributed by atoms with E-state index >= 15 is 0 Å². The van der Waals surface area contributed by atoms with Gasteiger partial charge in [-0.05, 0) is 18.8 Å². The van der Waals surface area contributed by atoms with Crippen molar-refractivity contribution in [3.8, 4) is 0 Å². The number of carbonyl (C=O) groups is 2. The second-order valence-electron chi connectivity index (χ2n) is 6.24. The molecular weight excluding hydrogens is 258 g/mol. The molecule has 1 heterocycles. The lowest BCUT2D eigenvalue weighted by Crippen LogP contribution is -2.50. The Labute approximate surface area is 120 Å². The third kappa shape index (κ3) is 4.47. The van der Waals surface area contributed by atoms with Crippen LogP contribution in [0.5, 0.6) is 0 Å². The van der Waals surface area contributed by atoms with Gasteiger partial charge < -0.3 is 15.2 Å². The van der Waals surface area contributed by atoms with Gasteiger partial charge in [-0.1, -0.05) is 32.1 Å². The van der Waals surface area contributed by atoms with E-state index in [1.165, 1.54) is 32.1 Å². The van der Waals surface area contributed by atoms with Gasteiger partial charge in [-0.25, -0.2) is 0 Å². The van der Waals surface area contributed by atoms with E-state index in [4.69, 9.17) is 9.84 Å². The number of hydrogen-bond donors (Lipinski definition) is 2. The average Bonchev–Trinajstić information content (AvgIpc) is 2.85. The molecule has 5 heteroatoms. The van der Waals surface area contributed by atoms with Crippen LogP contribution in [0.15, 0.2) is 0 Å². The number of nitrogens with one attached hydrogen (secondary N) is 1. The first-order chi connectivity index (χ1) is 9.60. The molecule has 0 aromatic carbocycles. The third-order valence-electron chi connectivity index (χ3n) is 4.50. The van der Waals surface area contributed by atoms with Gasteiger partial charge in [-0.15, -0.1) is 0 Å². The van der Waals surface area contributed by atoms with Gasteiger partial charge in [-0.3, -0.25) is 9.59 Å². The number of amides is 1. The molecule has 2 fully saturated rings. The fraction of sp³-hybridized carbons (Fsp3) is 0.867. The third-order valence-corrected chi connectivity index (χ3v) is 4.50. The van der Waals surface area contributed by atoms with E-state index in [9.17, 15) is 9.59 Å². The van der Waals surface area contributed by atoms with Crippen molar-refractivity contribution in [2.45, 2.75) is 63.3 Å². The summed E-state index contributed by atoms with van der Waals surface area (Å²) in [7, 11) is 0. The van der Waals surface area contributed by atoms with Gasteiger partial charge in [0.1, 0.15) is 0 Å². The van der Waals surface area contributed by atoms with Crippen LogP contribution < -0.4 is 5.32 Å². The predicted octanol–water partition coefficient (Wildman–Crippen LogP) is 2.10. The highest BCUT2D eigenvalue weighted by Gasteiger charge is 2.38. The minimum Gasteiger partial charge on any atom is -0.481 e. The van der Waals surface area contributed by atoms with E-state index in [2.05, 4.69) is 5.32 Å². The van der Waals surface area contributed by atoms with Crippen LogP contribution in [0.2, 0.25) is 0 Å². The lowest BCUT2D eigenvalue weighted by Gasteiger charge is -2.28. The summed E-state index contributed by atoms with van der Waals surface area (Å²) >= 11 is 0. The Balaban J connectivity index is 1.77. The fourth-order valence-electron chi connectivity index (χ4n) is 3.35. The van der Waals surface area contributed by atoms with Crippen molar-refractivity contribution >= 4 is 11.9 Å². The summed E-state index contributed by atoms with van der Waals surface area (Å²) < 4.78 is 5.28. The van der Waals surface area contributed by atoms with Crippen LogP contribution in [0.4, 0.5) is 0 Å². The molecule has 2 rings (SSSR count). The topological polar surface area (TPSA) is 75.6 Å². The quantitative estimate of drug-likeness (QED) is 0.782. The van der Waals surface area contributed by atoms with E-state index in [1.54, 1.807) is 0 Å². The van der Waals surface area contributed by atoms with Gasteiger partial charge in [0.25, 0.3) is 0 Å². The number of carboxylic acids is 1. The SMILES string of the molecule is O=C(O)CC1(NC(=O)CCC2CCCCC2)CCOC1. The molecule has 1 saturated heterocycles. The zero-order valence-electron chi connectivity index (χ0n) is 12.0. The van der Waals surface area contributed by atoms with Gasteiger partial charge in [0, 0.05) is 13.0 Å². The van der Waals surface area contributed by atoms with Crippen LogP contribution in [-0.2, 0) is 14.3 Å². The summed E-state index contributed by atoms with van der Waals surface area (Å²) in [4.78, 5) is 23.0. The molecule has 0 bridgehead atoms. The number of ether oxygens (including phenoxy) is 1. The molecule has 1 amide bonds. The summed E-state index contributed by atoms with van der Waals surface area (Å²) in [6.45, 7) is 0.838. The summed E-state index contributed by atoms with van der Waals surface area (Å²) in [6, 6.07) is 0. The number of hydrogen-bond acceptors (Lipinski definition) is 3. The van der Waals surface area contributed by atoms with Gasteiger partial charge >= 0.3 is 5.97 Å². The van der Waals surface area contributed by atoms with E-state index < -0.39 is 11.5 Å². The van der Waals surface area contributed by atoms with Crippen LogP contribution in [0.25, 0.3) is 0 Å². The standard InChI is InChI=1S/C15H25NO4/c17-13(7-6-12-4-2-1-3-5-12)16-15(10-14(18)19)8-9-20-11-15/h12H,1-11H2,(H,16,17)(H,18,19). The Kier molecular flexibility index (Phi) is 5.40. The monoisotopic (exact) mass is 283 g/mol. The zero-order valence-corrected chi connectivity index (χ0v) is 12.0. The van der Waals surface area contributed by atoms with Gasteiger partial charge in [0.2, 0.25) is 5.91 Å². The van der Waals surface area contributed by atoms with E-state index in [1.807, 2.05) is 0 Å². The van der Waals surface area contributed by atoms with Crippen molar-refractivity contribution in [1.29, 1.82) is 0 Å². The lowest BCUT2D eigenvalue weighted by atomic mass is 9.86. The van der Waals surface area contributed by atoms with Crippen molar-refractivity contribution in [2.75, 3.05) is 13.2 Å². The summed E-state index contributed by atoms with van der Waals surface area (Å²) in [5.74, 6) is -0.241. The molecule has 1 atom stereocenters. The fourth-order valence-corrected chi connectivity index (χ4v) is 3.35. The van der Waals surface area contributed by atoms with Crippen molar-refractivity contribution in [2.24, 2.45) is 5.92 Å². The Morgan fingerprint density at radius 1 is 1.25 bits per heavy atom. The molecule has 2 N–H and O–H groups in total. The summed E-state index contributed by atoms with van der Waals surface area (Å²) in [6.07, 6.45) is 8.32. The molecule has 0 aromatic rings. The molecule has 5 nitrogen and oxygen atoms in total. The Bertz CT molecular complexity index is 344. The van der Waals surface area contributed by atoms with E-state index in [-0.39, 0.29) is 12.3 Å². The molecule has 20 heavy (non-hydrogen) atoms. The highest BCUT2D eigenvalue weighted by molar-refractivity contribution is 5.78. The van der Waals surface area contributed by atoms with E-state index in [0.717, 1.165) is 6.42 Å². The van der Waals surface area contributed by atoms with Crippen LogP contribution in [0, 0.1) is 5.92 Å². The zero-order chi connectivity index (χ0) is 14.4. The molecule has 1 saturated carbocycles. The summed E-state index contributed by atoms with van der Waals surface area (Å²) in [5.41, 5.74) is -0.685. The summed E-state index contributed by atoms with van der Waals surface area (Å²) in [5, 5.41) is 11.9. The molecule has 1 unspecified atom stereocenters. The minimum absolute atomic E-state index is 0.0256. The van der Waals surface area contributed by atoms with Gasteiger partial charge in [0.05, 0.1) is 18.6 Å². The number of rotatable bonds is 6. The number of carbonyl (C=O) groups excluding carboxylic acids is 1. The van der Waals surface area contributed by atoms with Gasteiger partial charge in [-0.2, -0.15) is 0 Å². The molecule has 1 aliphatic carbocycles. The normalized spacial score (nSPS) is 27.4. The first-order valence-electron chi connectivity index (χ1n) is 7.70. The maximum absolute atomic E-state index is 12.1. The number of carboxylic acid groups (broad SMARTS) is 1. The number of aliphatic carboxylic acids is 1. The Hall–Kier alpha value is -1.10. The highest BCUT2D eigenvalue weighted by atomic mass is 16.5. The Morgan fingerprint density at radius 3 is 2.60 bits per heavy atom. The van der Waals surface area contributed by atoms with Crippen LogP contribution in [0.3, 0.4) is 0 Å². The van der Waals surface area contributed by atoms with Crippen LogP contribution in [-0.4, -0.2) is 35.7 Å². The first-order valence-corrected chi connectivity index (χ1v) is 7.70. The molecule has 2 aliphatic rings. The molecule has 0 spiro atoms. The van der Waals surface area contributed by atoms with Crippen molar-refractivity contribution in [3.63, 3.8) is 0 Å². The minimum atomic E-state index is -0.886. The molecule has 0 radical (unpaired) electrons. The molecular formula is C15H25NO4. The van der Waals surface area contributed by atoms with Gasteiger partial charge in [0.15, 0.2) is 0 Å². The predicted molar refractivity (Wildman–Crippen MR) is 74.4 cm³/mol. The van der Waals surface area contributed by atoms with Crippen molar-refractivity contribution < 1.29 is 19.4 Å². The largest absolute Gasteiger partial charge is 0.481 e. The van der Waals surface area contributed by atoms with Crippen molar-refractivity contribution in [1.82, 2.24) is 5.32 Å². The maximum atomic E-state index is 12.1. The molecule has 0 aromatic heterocycles. The second kappa shape index (κ2) is 7.07. The Morgan fingerprint density at radius 2 is 2.00 bits per heavy atom. The average molecular weight is 283 g/mol. The van der Waals surface area contributed by atoms with Crippen molar-refractivity contribution in [3.05, 3.63) is 0 Å². The molecule has 114 valence electrons. The smallest absolute Gasteiger partial charge is 0.305 e. The first kappa shape index (κ1) is 15.3. The molecule has 1 aliphatic heterocycles. The second-order valence-corrected chi connectivity index (χ2v) is 6.24.